The van der Waals surface area contributed by atoms with Crippen LogP contribution in [-0.4, -0.2) is 39.2 Å². The standard InChI is InChI=1S/C13H18Br2N2O.C10H18O2/c14-9-5-8(13(16)12(15)6-9)7-17-10-1-3-11(18)4-2-10;1-7-4-5-8(6-9(7)11)10(2,3)12/h5-6,10-11,17-18H,1-4,7,16H2;4,8-9,11-12H,5-6H2,1-3H3/t10-,11-;8-,9+/m.1/s1. The van der Waals surface area contributed by atoms with Gasteiger partial charge in [-0.25, -0.2) is 0 Å². The molecule has 0 spiro atoms. The van der Waals surface area contributed by atoms with E-state index in [0.29, 0.717) is 12.5 Å². The normalized spacial score (nSPS) is 27.1. The number of benzene rings is 1. The van der Waals surface area contributed by atoms with E-state index in [9.17, 15) is 15.3 Å². The van der Waals surface area contributed by atoms with Gasteiger partial charge in [-0.15, -0.1) is 0 Å². The lowest BCUT2D eigenvalue weighted by Gasteiger charge is -2.33. The number of anilines is 1. The van der Waals surface area contributed by atoms with Crippen molar-refractivity contribution in [3.63, 3.8) is 0 Å². The van der Waals surface area contributed by atoms with Gasteiger partial charge in [-0.05, 0) is 104 Å². The van der Waals surface area contributed by atoms with Crippen molar-refractivity contribution in [1.29, 1.82) is 0 Å². The molecule has 1 aromatic rings. The van der Waals surface area contributed by atoms with Crippen LogP contribution in [0.25, 0.3) is 0 Å². The first-order valence-electron chi connectivity index (χ1n) is 10.7. The summed E-state index contributed by atoms with van der Waals surface area (Å²) in [5.74, 6) is 0.191. The summed E-state index contributed by atoms with van der Waals surface area (Å²) in [5, 5.41) is 32.2. The van der Waals surface area contributed by atoms with Gasteiger partial charge in [-0.3, -0.25) is 0 Å². The van der Waals surface area contributed by atoms with Crippen LogP contribution in [0.4, 0.5) is 5.69 Å². The predicted molar refractivity (Wildman–Crippen MR) is 130 cm³/mol. The van der Waals surface area contributed by atoms with Crippen molar-refractivity contribution in [1.82, 2.24) is 5.32 Å². The number of allylic oxidation sites excluding steroid dienone is 1. The molecule has 7 heteroatoms. The lowest BCUT2D eigenvalue weighted by molar-refractivity contribution is -0.00548. The van der Waals surface area contributed by atoms with E-state index in [4.69, 9.17) is 5.73 Å². The molecule has 0 saturated heterocycles. The maximum absolute atomic E-state index is 9.71. The highest BCUT2D eigenvalue weighted by molar-refractivity contribution is 9.11. The summed E-state index contributed by atoms with van der Waals surface area (Å²) in [7, 11) is 0. The van der Waals surface area contributed by atoms with Crippen LogP contribution in [0.5, 0.6) is 0 Å². The van der Waals surface area contributed by atoms with Gasteiger partial charge in [0, 0.05) is 21.5 Å². The summed E-state index contributed by atoms with van der Waals surface area (Å²) in [5.41, 5.74) is 8.30. The molecule has 6 N–H and O–H groups in total. The summed E-state index contributed by atoms with van der Waals surface area (Å²) in [6, 6.07) is 4.49. The van der Waals surface area contributed by atoms with E-state index >= 15 is 0 Å². The second-order valence-corrected chi connectivity index (χ2v) is 10.9. The Morgan fingerprint density at radius 3 is 2.33 bits per heavy atom. The number of aliphatic hydroxyl groups is 3. The summed E-state index contributed by atoms with van der Waals surface area (Å²) in [6.45, 7) is 6.31. The fourth-order valence-electron chi connectivity index (χ4n) is 3.91. The van der Waals surface area contributed by atoms with Gasteiger partial charge in [0.05, 0.1) is 23.5 Å². The van der Waals surface area contributed by atoms with Crippen molar-refractivity contribution in [3.8, 4) is 0 Å². The minimum atomic E-state index is -0.668. The van der Waals surface area contributed by atoms with Gasteiger partial charge in [-0.2, -0.15) is 0 Å². The van der Waals surface area contributed by atoms with E-state index in [-0.39, 0.29) is 18.1 Å². The first kappa shape index (κ1) is 25.8. The van der Waals surface area contributed by atoms with Crippen LogP contribution in [0.15, 0.2) is 32.7 Å². The fraction of sp³-hybridized carbons (Fsp3) is 0.652. The minimum absolute atomic E-state index is 0.104. The zero-order valence-electron chi connectivity index (χ0n) is 18.2. The van der Waals surface area contributed by atoms with Crippen LogP contribution >= 0.6 is 31.9 Å². The monoisotopic (exact) mass is 546 g/mol. The Balaban J connectivity index is 0.000000232. The number of hydrogen-bond donors (Lipinski definition) is 5. The zero-order chi connectivity index (χ0) is 22.5. The molecule has 2 atom stereocenters. The molecule has 2 aliphatic carbocycles. The average Bonchev–Trinajstić information content (AvgIpc) is 2.66. The van der Waals surface area contributed by atoms with Crippen molar-refractivity contribution in [3.05, 3.63) is 38.3 Å². The van der Waals surface area contributed by atoms with Crippen LogP contribution in [0.3, 0.4) is 0 Å². The van der Waals surface area contributed by atoms with Gasteiger partial charge >= 0.3 is 0 Å². The summed E-state index contributed by atoms with van der Waals surface area (Å²) >= 11 is 6.93. The Kier molecular flexibility index (Phi) is 9.84. The number of halogens is 2. The van der Waals surface area contributed by atoms with E-state index < -0.39 is 5.60 Å². The molecule has 1 aromatic carbocycles. The quantitative estimate of drug-likeness (QED) is 0.279. The minimum Gasteiger partial charge on any atom is -0.398 e. The van der Waals surface area contributed by atoms with Gasteiger partial charge in [0.25, 0.3) is 0 Å². The van der Waals surface area contributed by atoms with E-state index in [1.54, 1.807) is 13.8 Å². The molecule has 2 aliphatic rings. The third kappa shape index (κ3) is 7.92. The molecule has 1 saturated carbocycles. The highest BCUT2D eigenvalue weighted by Gasteiger charge is 2.31. The number of rotatable bonds is 4. The number of nitrogens with two attached hydrogens (primary N) is 1. The lowest BCUT2D eigenvalue weighted by Crippen LogP contribution is -2.35. The molecule has 0 bridgehead atoms. The third-order valence-electron chi connectivity index (χ3n) is 6.21. The summed E-state index contributed by atoms with van der Waals surface area (Å²) in [6.07, 6.45) is 7.01. The smallest absolute Gasteiger partial charge is 0.0751 e. The molecule has 170 valence electrons. The van der Waals surface area contributed by atoms with Crippen molar-refractivity contribution < 1.29 is 15.3 Å². The topological polar surface area (TPSA) is 98.7 Å². The van der Waals surface area contributed by atoms with Crippen molar-refractivity contribution in [2.24, 2.45) is 5.92 Å². The Morgan fingerprint density at radius 2 is 1.77 bits per heavy atom. The SMILES string of the molecule is CC1=CC[C@@H](C(C)(C)O)C[C@@H]1O.Nc1c(Br)cc(Br)cc1CN[C@H]1CC[C@H](O)CC1. The number of nitrogen functional groups attached to an aromatic ring is 1. The molecular weight excluding hydrogens is 512 g/mol. The molecule has 3 rings (SSSR count). The summed E-state index contributed by atoms with van der Waals surface area (Å²) < 4.78 is 1.95. The fourth-order valence-corrected chi connectivity index (χ4v) is 5.22. The molecule has 0 aliphatic heterocycles. The second kappa shape index (κ2) is 11.4. The van der Waals surface area contributed by atoms with Gasteiger partial charge in [0.15, 0.2) is 0 Å². The van der Waals surface area contributed by atoms with Crippen LogP contribution in [0.2, 0.25) is 0 Å². The van der Waals surface area contributed by atoms with Crippen LogP contribution in [-0.2, 0) is 6.54 Å². The third-order valence-corrected chi connectivity index (χ3v) is 7.33. The van der Waals surface area contributed by atoms with Crippen molar-refractivity contribution >= 4 is 37.5 Å². The Hall–Kier alpha value is -0.440. The van der Waals surface area contributed by atoms with Crippen LogP contribution in [0.1, 0.15) is 64.9 Å². The molecule has 0 radical (unpaired) electrons. The largest absolute Gasteiger partial charge is 0.398 e. The predicted octanol–water partition coefficient (Wildman–Crippen LogP) is 4.66. The van der Waals surface area contributed by atoms with Crippen molar-refractivity contribution in [2.75, 3.05) is 5.73 Å². The van der Waals surface area contributed by atoms with E-state index in [1.807, 2.05) is 25.1 Å². The van der Waals surface area contributed by atoms with Crippen LogP contribution < -0.4 is 11.1 Å². The van der Waals surface area contributed by atoms with Gasteiger partial charge < -0.3 is 26.4 Å². The Bertz CT molecular complexity index is 726. The lowest BCUT2D eigenvalue weighted by atomic mass is 9.78. The molecule has 0 amide bonds. The van der Waals surface area contributed by atoms with Crippen molar-refractivity contribution in [2.45, 2.75) is 89.7 Å². The molecular formula is C23H36Br2N2O3. The average molecular weight is 548 g/mol. The zero-order valence-corrected chi connectivity index (χ0v) is 21.3. The van der Waals surface area contributed by atoms with Gasteiger partial charge in [-0.1, -0.05) is 22.0 Å². The van der Waals surface area contributed by atoms with E-state index in [1.165, 1.54) is 0 Å². The number of aliphatic hydroxyl groups excluding tert-OH is 2. The Morgan fingerprint density at radius 1 is 1.13 bits per heavy atom. The van der Waals surface area contributed by atoms with Gasteiger partial charge in [0.2, 0.25) is 0 Å². The molecule has 1 fully saturated rings. The highest BCUT2D eigenvalue weighted by Crippen LogP contribution is 2.31. The molecule has 30 heavy (non-hydrogen) atoms. The van der Waals surface area contributed by atoms with E-state index in [2.05, 4.69) is 37.2 Å². The molecule has 0 heterocycles. The Labute approximate surface area is 197 Å². The molecule has 5 nitrogen and oxygen atoms in total. The van der Waals surface area contributed by atoms with Crippen LogP contribution in [0, 0.1) is 5.92 Å². The van der Waals surface area contributed by atoms with Gasteiger partial charge in [0.1, 0.15) is 0 Å². The maximum atomic E-state index is 9.71. The second-order valence-electron chi connectivity index (χ2n) is 9.13. The summed E-state index contributed by atoms with van der Waals surface area (Å²) in [4.78, 5) is 0. The molecule has 0 aromatic heterocycles. The highest BCUT2D eigenvalue weighted by atomic mass is 79.9. The molecule has 0 unspecified atom stereocenters. The first-order valence-corrected chi connectivity index (χ1v) is 12.3. The number of nitrogens with one attached hydrogen (secondary N) is 1. The number of hydrogen-bond acceptors (Lipinski definition) is 5. The van der Waals surface area contributed by atoms with E-state index in [0.717, 1.165) is 64.4 Å². The first-order chi connectivity index (χ1) is 14.0. The maximum Gasteiger partial charge on any atom is 0.0751 e.